The van der Waals surface area contributed by atoms with Gasteiger partial charge in [-0.15, -0.1) is 0 Å². The van der Waals surface area contributed by atoms with E-state index in [1.807, 2.05) is 0 Å². The lowest BCUT2D eigenvalue weighted by Crippen LogP contribution is -2.54. The van der Waals surface area contributed by atoms with Crippen LogP contribution >= 0.6 is 0 Å². The van der Waals surface area contributed by atoms with Crippen LogP contribution in [0, 0.1) is 5.41 Å². The largest absolute Gasteiger partial charge is 0.480 e. The Labute approximate surface area is 100.0 Å². The number of nitrogens with zero attached hydrogens (tertiary/aromatic N) is 1. The summed E-state index contributed by atoms with van der Waals surface area (Å²) in [6.07, 6.45) is 1.48. The lowest BCUT2D eigenvalue weighted by Gasteiger charge is -2.39. The van der Waals surface area contributed by atoms with Crippen molar-refractivity contribution in [1.82, 2.24) is 10.2 Å². The Morgan fingerprint density at radius 2 is 1.94 bits per heavy atom. The van der Waals surface area contributed by atoms with Gasteiger partial charge < -0.3 is 15.3 Å². The molecule has 0 aromatic carbocycles. The van der Waals surface area contributed by atoms with Gasteiger partial charge in [-0.05, 0) is 19.8 Å². The fourth-order valence-corrected chi connectivity index (χ4v) is 1.93. The minimum Gasteiger partial charge on any atom is -0.480 e. The Hall–Kier alpha value is -1.59. The maximum atomic E-state index is 12.1. The summed E-state index contributed by atoms with van der Waals surface area (Å²) >= 11 is 0. The fourth-order valence-electron chi connectivity index (χ4n) is 1.93. The van der Waals surface area contributed by atoms with E-state index in [9.17, 15) is 14.4 Å². The molecule has 96 valence electrons. The Bertz CT molecular complexity index is 336. The molecule has 0 heterocycles. The summed E-state index contributed by atoms with van der Waals surface area (Å²) in [7, 11) is 1.48. The van der Waals surface area contributed by atoms with Crippen molar-refractivity contribution >= 4 is 17.8 Å². The summed E-state index contributed by atoms with van der Waals surface area (Å²) in [6.45, 7) is 1.98. The Balaban J connectivity index is 2.78. The molecule has 2 amide bonds. The van der Waals surface area contributed by atoms with Gasteiger partial charge in [0, 0.05) is 13.6 Å². The quantitative estimate of drug-likeness (QED) is 0.656. The molecule has 0 aliphatic heterocycles. The van der Waals surface area contributed by atoms with Gasteiger partial charge in [0.25, 0.3) is 0 Å². The van der Waals surface area contributed by atoms with E-state index < -0.39 is 17.3 Å². The summed E-state index contributed by atoms with van der Waals surface area (Å²) in [5.41, 5.74) is -1.29. The molecule has 6 nitrogen and oxygen atoms in total. The molecule has 1 saturated carbocycles. The highest BCUT2D eigenvalue weighted by Gasteiger charge is 2.52. The summed E-state index contributed by atoms with van der Waals surface area (Å²) in [6, 6.07) is 0. The average molecular weight is 242 g/mol. The van der Waals surface area contributed by atoms with Gasteiger partial charge in [-0.1, -0.05) is 6.42 Å². The topological polar surface area (TPSA) is 86.7 Å². The zero-order chi connectivity index (χ0) is 13.1. The third-order valence-corrected chi connectivity index (χ3v) is 3.31. The molecule has 0 unspecified atom stereocenters. The molecule has 1 fully saturated rings. The Morgan fingerprint density at radius 3 is 2.24 bits per heavy atom. The van der Waals surface area contributed by atoms with E-state index in [0.717, 1.165) is 6.42 Å². The molecule has 17 heavy (non-hydrogen) atoms. The van der Waals surface area contributed by atoms with E-state index in [2.05, 4.69) is 5.32 Å². The number of hydrogen-bond acceptors (Lipinski definition) is 3. The molecule has 0 radical (unpaired) electrons. The van der Waals surface area contributed by atoms with E-state index in [1.54, 1.807) is 6.92 Å². The van der Waals surface area contributed by atoms with Crippen molar-refractivity contribution in [1.29, 1.82) is 0 Å². The molecular formula is C11H18N2O4. The molecule has 0 bridgehead atoms. The SMILES string of the molecule is CCN(CC(=O)NC)C(=O)C1(C(=O)O)CCC1. The van der Waals surface area contributed by atoms with Crippen LogP contribution in [0.4, 0.5) is 0 Å². The number of carbonyl (C=O) groups excluding carboxylic acids is 2. The molecule has 1 aliphatic carbocycles. The summed E-state index contributed by atoms with van der Waals surface area (Å²) in [5.74, 6) is -1.81. The number of carboxylic acids is 1. The number of likely N-dealkylation sites (N-methyl/N-ethyl adjacent to an activating group) is 2. The molecule has 0 atom stereocenters. The molecular weight excluding hydrogens is 224 g/mol. The third-order valence-electron chi connectivity index (χ3n) is 3.31. The van der Waals surface area contributed by atoms with Crippen LogP contribution in [-0.2, 0) is 14.4 Å². The number of aliphatic carboxylic acids is 1. The van der Waals surface area contributed by atoms with Crippen LogP contribution in [0.3, 0.4) is 0 Å². The normalized spacial score (nSPS) is 16.8. The molecule has 0 spiro atoms. The molecule has 0 saturated heterocycles. The first-order valence-electron chi connectivity index (χ1n) is 5.71. The number of carboxylic acid groups (broad SMARTS) is 1. The van der Waals surface area contributed by atoms with Crippen molar-refractivity contribution < 1.29 is 19.5 Å². The molecule has 0 aromatic heterocycles. The van der Waals surface area contributed by atoms with Crippen LogP contribution in [-0.4, -0.2) is 47.9 Å². The predicted molar refractivity (Wildman–Crippen MR) is 60.2 cm³/mol. The molecule has 1 rings (SSSR count). The van der Waals surface area contributed by atoms with Crippen molar-refractivity contribution in [2.24, 2.45) is 5.41 Å². The second kappa shape index (κ2) is 5.16. The Kier molecular flexibility index (Phi) is 4.09. The van der Waals surface area contributed by atoms with E-state index in [1.165, 1.54) is 11.9 Å². The number of hydrogen-bond donors (Lipinski definition) is 2. The van der Waals surface area contributed by atoms with E-state index in [0.29, 0.717) is 19.4 Å². The van der Waals surface area contributed by atoms with Gasteiger partial charge in [0.05, 0.1) is 6.54 Å². The smallest absolute Gasteiger partial charge is 0.319 e. The van der Waals surface area contributed by atoms with Gasteiger partial charge in [-0.25, -0.2) is 0 Å². The average Bonchev–Trinajstić information content (AvgIpc) is 2.22. The lowest BCUT2D eigenvalue weighted by atomic mass is 9.67. The van der Waals surface area contributed by atoms with Crippen LogP contribution in [0.15, 0.2) is 0 Å². The highest BCUT2D eigenvalue weighted by molar-refractivity contribution is 6.03. The minimum atomic E-state index is -1.29. The molecule has 6 heteroatoms. The fraction of sp³-hybridized carbons (Fsp3) is 0.727. The highest BCUT2D eigenvalue weighted by Crippen LogP contribution is 2.42. The minimum absolute atomic E-state index is 0.0825. The Morgan fingerprint density at radius 1 is 1.35 bits per heavy atom. The van der Waals surface area contributed by atoms with Crippen molar-refractivity contribution in [3.63, 3.8) is 0 Å². The van der Waals surface area contributed by atoms with Crippen LogP contribution in [0.2, 0.25) is 0 Å². The second-order valence-corrected chi connectivity index (χ2v) is 4.23. The van der Waals surface area contributed by atoms with Crippen LogP contribution in [0.25, 0.3) is 0 Å². The zero-order valence-electron chi connectivity index (χ0n) is 10.2. The number of rotatable bonds is 5. The van der Waals surface area contributed by atoms with Crippen molar-refractivity contribution in [2.75, 3.05) is 20.1 Å². The maximum Gasteiger partial charge on any atom is 0.319 e. The van der Waals surface area contributed by atoms with Crippen molar-refractivity contribution in [2.45, 2.75) is 26.2 Å². The number of carbonyl (C=O) groups is 3. The lowest BCUT2D eigenvalue weighted by molar-refractivity contribution is -0.168. The standard InChI is InChI=1S/C11H18N2O4/c1-3-13(7-8(14)12-2)9(15)11(10(16)17)5-4-6-11/h3-7H2,1-2H3,(H,12,14)(H,16,17). The van der Waals surface area contributed by atoms with Crippen LogP contribution < -0.4 is 5.32 Å². The first-order chi connectivity index (χ1) is 7.97. The van der Waals surface area contributed by atoms with Gasteiger partial charge in [-0.3, -0.25) is 14.4 Å². The van der Waals surface area contributed by atoms with Crippen molar-refractivity contribution in [3.8, 4) is 0 Å². The summed E-state index contributed by atoms with van der Waals surface area (Å²) in [5, 5.41) is 11.6. The van der Waals surface area contributed by atoms with Gasteiger partial charge in [-0.2, -0.15) is 0 Å². The first-order valence-corrected chi connectivity index (χ1v) is 5.71. The van der Waals surface area contributed by atoms with Gasteiger partial charge in [0.15, 0.2) is 0 Å². The van der Waals surface area contributed by atoms with Gasteiger partial charge in [0.1, 0.15) is 5.41 Å². The van der Waals surface area contributed by atoms with Crippen LogP contribution in [0.5, 0.6) is 0 Å². The van der Waals surface area contributed by atoms with Gasteiger partial charge >= 0.3 is 5.97 Å². The molecule has 1 aliphatic rings. The highest BCUT2D eigenvalue weighted by atomic mass is 16.4. The van der Waals surface area contributed by atoms with E-state index >= 15 is 0 Å². The monoisotopic (exact) mass is 242 g/mol. The van der Waals surface area contributed by atoms with E-state index in [4.69, 9.17) is 5.11 Å². The number of nitrogens with one attached hydrogen (secondary N) is 1. The predicted octanol–water partition coefficient (Wildman–Crippen LogP) is -0.164. The molecule has 2 N–H and O–H groups in total. The molecule has 0 aromatic rings. The number of amides is 2. The first kappa shape index (κ1) is 13.5. The van der Waals surface area contributed by atoms with Gasteiger partial charge in [0.2, 0.25) is 11.8 Å². The van der Waals surface area contributed by atoms with E-state index in [-0.39, 0.29) is 12.5 Å². The van der Waals surface area contributed by atoms with Crippen LogP contribution in [0.1, 0.15) is 26.2 Å². The zero-order valence-corrected chi connectivity index (χ0v) is 10.2. The van der Waals surface area contributed by atoms with Crippen molar-refractivity contribution in [3.05, 3.63) is 0 Å². The summed E-state index contributed by atoms with van der Waals surface area (Å²) in [4.78, 5) is 35.8. The third kappa shape index (κ3) is 2.40. The second-order valence-electron chi connectivity index (χ2n) is 4.23. The summed E-state index contributed by atoms with van der Waals surface area (Å²) < 4.78 is 0. The maximum absolute atomic E-state index is 12.1.